The standard InChI is InChI=1S/C106H52F18N8/c107-101(108,109)69-38-64(39-70(49-69)102(110,111)112)58-27-33-93-83(42-58)77-16-4-9-21-89(77)129(93)98-48-68(56-128)82(52-100(98)131-91-23-11-5-17-78(91)84-43-59(28-34-94(84)131)65-40-71(103(113,114)115)50-72(41-65)104(116,117)118)76-32-26-60(46-88(76)106(122,123)124)57-25-31-74(66(37-57)54-126)62-30-36-95-86(45-62)79-18-6-10-22-90(79)130(95)97-47-67(55-127)81(75-15-3-8-20-87(75)105(119,120)121)51-99(97)132-92-24-12-7-19-80(92)85-44-61(29-35-96(85)132)73-14-2-1-13-63(73)53-125/h1-52H. The summed E-state index contributed by atoms with van der Waals surface area (Å²) >= 11 is 0. The van der Waals surface area contributed by atoms with Crippen LogP contribution in [0.2, 0.25) is 0 Å². The zero-order chi connectivity index (χ0) is 92.3. The zero-order valence-electron chi connectivity index (χ0n) is 67.4. The highest BCUT2D eigenvalue weighted by molar-refractivity contribution is 6.16. The fourth-order valence-corrected chi connectivity index (χ4v) is 18.4. The van der Waals surface area contributed by atoms with Crippen molar-refractivity contribution >= 4 is 87.2 Å². The number of para-hydroxylation sites is 4. The Morgan fingerprint density at radius 3 is 0.803 bits per heavy atom. The van der Waals surface area contributed by atoms with E-state index in [2.05, 4.69) is 24.3 Å². The summed E-state index contributed by atoms with van der Waals surface area (Å²) in [5, 5.41) is 47.9. The van der Waals surface area contributed by atoms with Crippen LogP contribution in [0.3, 0.4) is 0 Å². The highest BCUT2D eigenvalue weighted by atomic mass is 19.4. The van der Waals surface area contributed by atoms with Crippen LogP contribution in [0, 0.1) is 45.3 Å². The van der Waals surface area contributed by atoms with E-state index in [-0.39, 0.29) is 106 Å². The monoisotopic (exact) mass is 1780 g/mol. The molecule has 0 spiro atoms. The topological polar surface area (TPSA) is 115 Å². The van der Waals surface area contributed by atoms with Gasteiger partial charge in [-0.15, -0.1) is 0 Å². The Bertz CT molecular complexity index is 8440. The number of hydrogen-bond donors (Lipinski definition) is 0. The van der Waals surface area contributed by atoms with E-state index in [1.54, 1.807) is 112 Å². The normalized spacial score (nSPS) is 12.4. The first-order valence-electron chi connectivity index (χ1n) is 40.4. The number of hydrogen-bond acceptors (Lipinski definition) is 4. The lowest BCUT2D eigenvalue weighted by molar-refractivity contribution is -0.144. The van der Waals surface area contributed by atoms with Crippen LogP contribution in [0.4, 0.5) is 79.0 Å². The van der Waals surface area contributed by atoms with Gasteiger partial charge in [-0.05, 0) is 224 Å². The van der Waals surface area contributed by atoms with Gasteiger partial charge in [-0.2, -0.15) is 100 Å². The number of rotatable bonds is 11. The van der Waals surface area contributed by atoms with Gasteiger partial charge in [-0.3, -0.25) is 0 Å². The van der Waals surface area contributed by atoms with Crippen LogP contribution in [0.25, 0.3) is 188 Å². The molecule has 132 heavy (non-hydrogen) atoms. The van der Waals surface area contributed by atoms with Gasteiger partial charge in [0.15, 0.2) is 0 Å². The minimum Gasteiger partial charge on any atom is -0.307 e. The molecule has 0 fully saturated rings. The van der Waals surface area contributed by atoms with Crippen molar-refractivity contribution in [3.8, 4) is 125 Å². The lowest BCUT2D eigenvalue weighted by Gasteiger charge is -2.21. The number of fused-ring (bicyclic) bond motifs is 12. The van der Waals surface area contributed by atoms with Gasteiger partial charge >= 0.3 is 37.1 Å². The van der Waals surface area contributed by atoms with Crippen molar-refractivity contribution in [1.82, 2.24) is 18.3 Å². The van der Waals surface area contributed by atoms with Crippen LogP contribution >= 0.6 is 0 Å². The molecule has 642 valence electrons. The molecular formula is C106H52F18N8. The second-order valence-electron chi connectivity index (χ2n) is 31.8. The van der Waals surface area contributed by atoms with E-state index >= 15 is 26.3 Å². The molecular weight excluding hydrogens is 1730 g/mol. The molecule has 0 atom stereocenters. The van der Waals surface area contributed by atoms with Crippen LogP contribution in [0.15, 0.2) is 315 Å². The Morgan fingerprint density at radius 2 is 0.439 bits per heavy atom. The minimum atomic E-state index is -5.26. The number of nitrogens with zero attached hydrogens (tertiary/aromatic N) is 8. The van der Waals surface area contributed by atoms with Gasteiger partial charge in [-0.1, -0.05) is 158 Å². The maximum absolute atomic E-state index is 16.6. The first-order valence-corrected chi connectivity index (χ1v) is 40.4. The smallest absolute Gasteiger partial charge is 0.307 e. The Hall–Kier alpha value is -16.6. The van der Waals surface area contributed by atoms with Crippen LogP contribution in [-0.2, 0) is 37.1 Å². The third-order valence-corrected chi connectivity index (χ3v) is 24.2. The third-order valence-electron chi connectivity index (χ3n) is 24.2. The minimum absolute atomic E-state index is 0.00626. The summed E-state index contributed by atoms with van der Waals surface area (Å²) < 4.78 is 276. The second-order valence-corrected chi connectivity index (χ2v) is 31.8. The highest BCUT2D eigenvalue weighted by Gasteiger charge is 2.42. The van der Waals surface area contributed by atoms with Crippen LogP contribution in [0.5, 0.6) is 0 Å². The molecule has 0 aliphatic carbocycles. The van der Waals surface area contributed by atoms with Gasteiger partial charge in [-0.25, -0.2) is 0 Å². The Kier molecular flexibility index (Phi) is 19.4. The molecule has 0 unspecified atom stereocenters. The predicted octanol–water partition coefficient (Wildman–Crippen LogP) is 31.3. The fourth-order valence-electron chi connectivity index (χ4n) is 18.4. The van der Waals surface area contributed by atoms with E-state index < -0.39 is 92.7 Å². The van der Waals surface area contributed by atoms with Crippen LogP contribution in [-0.4, -0.2) is 18.3 Å². The van der Waals surface area contributed by atoms with Gasteiger partial charge < -0.3 is 18.3 Å². The average Bonchev–Trinajstić information content (AvgIpc) is 1.56. The molecule has 0 saturated carbocycles. The number of nitriles is 4. The first kappa shape index (κ1) is 83.6. The van der Waals surface area contributed by atoms with E-state index in [0.717, 1.165) is 29.0 Å². The lowest BCUT2D eigenvalue weighted by atomic mass is 9.90. The van der Waals surface area contributed by atoms with Crippen molar-refractivity contribution in [3.63, 3.8) is 0 Å². The molecule has 16 aromatic carbocycles. The van der Waals surface area contributed by atoms with Crippen LogP contribution in [0.1, 0.15) is 55.6 Å². The SMILES string of the molecule is N#Cc1ccccc1-c1ccc2c(c1)c1ccccc1n2-c1cc(-c2ccccc2C(F)(F)F)c(C#N)cc1-n1c2ccccc2c2cc(-c3ccc(-c4ccc(-c5cc(-n6c7ccccc7c7cc(-c8cc(C(F)(F)F)cc(C(F)(F)F)c8)ccc76)c(-n6c7ccccc7c7cc(-c8cc(C(F)(F)F)cc(C(F)(F)F)c8)ccc76)cc5C#N)c(C(F)(F)F)c4)cc3C#N)ccc21. The Balaban J connectivity index is 0.745. The molecule has 26 heteroatoms. The van der Waals surface area contributed by atoms with E-state index in [4.69, 9.17) is 0 Å². The molecule has 0 amide bonds. The molecule has 0 radical (unpaired) electrons. The fraction of sp³-hybridized carbons (Fsp3) is 0.0566. The van der Waals surface area contributed by atoms with Gasteiger partial charge in [0.2, 0.25) is 0 Å². The molecule has 0 aliphatic heterocycles. The summed E-state index contributed by atoms with van der Waals surface area (Å²) in [5.74, 6) is 0. The first-order chi connectivity index (χ1) is 63.1. The van der Waals surface area contributed by atoms with Crippen molar-refractivity contribution in [3.05, 3.63) is 371 Å². The van der Waals surface area contributed by atoms with E-state index in [9.17, 15) is 73.7 Å². The molecule has 0 aliphatic rings. The number of benzene rings is 16. The van der Waals surface area contributed by atoms with Gasteiger partial charge in [0.25, 0.3) is 0 Å². The van der Waals surface area contributed by atoms with E-state index in [1.165, 1.54) is 84.9 Å². The molecule has 0 bridgehead atoms. The summed E-state index contributed by atoms with van der Waals surface area (Å²) in [6.07, 6.45) is -31.1. The summed E-state index contributed by atoms with van der Waals surface area (Å²) in [6, 6.07) is 83.1. The third kappa shape index (κ3) is 14.0. The van der Waals surface area contributed by atoms with Gasteiger partial charge in [0.1, 0.15) is 0 Å². The summed E-state index contributed by atoms with van der Waals surface area (Å²) in [4.78, 5) is 0. The molecule has 0 saturated heterocycles. The molecule has 4 heterocycles. The highest BCUT2D eigenvalue weighted by Crippen LogP contribution is 2.52. The van der Waals surface area contributed by atoms with Crippen molar-refractivity contribution in [1.29, 1.82) is 21.0 Å². The maximum Gasteiger partial charge on any atom is 0.417 e. The van der Waals surface area contributed by atoms with Crippen molar-refractivity contribution < 1.29 is 79.0 Å². The van der Waals surface area contributed by atoms with E-state index in [0.29, 0.717) is 107 Å². The summed E-state index contributed by atoms with van der Waals surface area (Å²) in [7, 11) is 0. The molecule has 0 N–H and O–H groups in total. The largest absolute Gasteiger partial charge is 0.417 e. The predicted molar refractivity (Wildman–Crippen MR) is 471 cm³/mol. The number of halogens is 18. The second kappa shape index (κ2) is 30.6. The van der Waals surface area contributed by atoms with Crippen LogP contribution < -0.4 is 0 Å². The molecule has 8 nitrogen and oxygen atoms in total. The Labute approximate surface area is 734 Å². The maximum atomic E-state index is 16.6. The average molecular weight is 1780 g/mol. The van der Waals surface area contributed by atoms with Gasteiger partial charge in [0.05, 0.1) is 147 Å². The zero-order valence-corrected chi connectivity index (χ0v) is 67.4. The lowest BCUT2D eigenvalue weighted by Crippen LogP contribution is -2.11. The van der Waals surface area contributed by atoms with Crippen molar-refractivity contribution in [2.45, 2.75) is 37.1 Å². The molecule has 20 rings (SSSR count). The van der Waals surface area contributed by atoms with Crippen molar-refractivity contribution in [2.24, 2.45) is 0 Å². The van der Waals surface area contributed by atoms with Crippen molar-refractivity contribution in [2.75, 3.05) is 0 Å². The summed E-state index contributed by atoms with van der Waals surface area (Å²) in [6.45, 7) is 0. The molecule has 4 aromatic heterocycles. The Morgan fingerprint density at radius 1 is 0.174 bits per heavy atom. The summed E-state index contributed by atoms with van der Waals surface area (Å²) in [5.41, 5.74) is -4.95. The number of alkyl halides is 18. The molecule has 20 aromatic rings. The quantitative estimate of drug-likeness (QED) is 0.120. The number of aromatic nitrogens is 4. The van der Waals surface area contributed by atoms with Gasteiger partial charge in [0, 0.05) is 54.2 Å². The van der Waals surface area contributed by atoms with E-state index in [1.807, 2.05) is 81.9 Å².